The van der Waals surface area contributed by atoms with Crippen LogP contribution >= 0.6 is 11.3 Å². The van der Waals surface area contributed by atoms with Crippen molar-refractivity contribution in [2.45, 2.75) is 6.92 Å². The number of aryl methyl sites for hydroxylation is 1. The van der Waals surface area contributed by atoms with Gasteiger partial charge in [-0.1, -0.05) is 0 Å². The van der Waals surface area contributed by atoms with Gasteiger partial charge in [0.1, 0.15) is 15.5 Å². The van der Waals surface area contributed by atoms with Gasteiger partial charge < -0.3 is 10.1 Å². The summed E-state index contributed by atoms with van der Waals surface area (Å²) in [6.45, 7) is 1.27. The van der Waals surface area contributed by atoms with E-state index in [0.717, 1.165) is 16.7 Å². The predicted molar refractivity (Wildman–Crippen MR) is 116 cm³/mol. The van der Waals surface area contributed by atoms with E-state index >= 15 is 0 Å². The minimum absolute atomic E-state index is 0.103. The molecule has 0 saturated carbocycles. The maximum absolute atomic E-state index is 13.2. The summed E-state index contributed by atoms with van der Waals surface area (Å²) in [7, 11) is 0. The molecule has 4 rings (SSSR count). The summed E-state index contributed by atoms with van der Waals surface area (Å²) in [4.78, 5) is 35.6. The second kappa shape index (κ2) is 8.55. The smallest absolute Gasteiger partial charge is 0.348 e. The Morgan fingerprint density at radius 1 is 1.19 bits per heavy atom. The number of benzene rings is 2. The molecule has 1 N–H and O–H groups in total. The molecular formula is C21H15FN4O5S. The summed E-state index contributed by atoms with van der Waals surface area (Å²) >= 11 is 1.15. The SMILES string of the molecule is Cc1nn(-c2ccc(F)cc2)c2sc(C(=O)OCC(=O)Nc3ccc([N+](=O)[O-])cc3)cc12. The van der Waals surface area contributed by atoms with E-state index in [-0.39, 0.29) is 11.5 Å². The molecule has 32 heavy (non-hydrogen) atoms. The van der Waals surface area contributed by atoms with Crippen LogP contribution in [0.4, 0.5) is 15.8 Å². The van der Waals surface area contributed by atoms with Gasteiger partial charge in [0.2, 0.25) is 0 Å². The van der Waals surface area contributed by atoms with Crippen molar-refractivity contribution >= 4 is 44.8 Å². The molecule has 0 aliphatic rings. The van der Waals surface area contributed by atoms with Gasteiger partial charge in [0.15, 0.2) is 6.61 Å². The van der Waals surface area contributed by atoms with Crippen molar-refractivity contribution < 1.29 is 23.6 Å². The number of nitro groups is 1. The summed E-state index contributed by atoms with van der Waals surface area (Å²) in [6.07, 6.45) is 0. The molecule has 0 saturated heterocycles. The lowest BCUT2D eigenvalue weighted by molar-refractivity contribution is -0.384. The van der Waals surface area contributed by atoms with Gasteiger partial charge in [0, 0.05) is 23.2 Å². The molecule has 9 nitrogen and oxygen atoms in total. The zero-order valence-corrected chi connectivity index (χ0v) is 17.4. The number of non-ortho nitro benzene ring substituents is 1. The fourth-order valence-corrected chi connectivity index (χ4v) is 4.05. The van der Waals surface area contributed by atoms with Crippen LogP contribution in [0.2, 0.25) is 0 Å². The van der Waals surface area contributed by atoms with Crippen LogP contribution in [0, 0.1) is 22.9 Å². The molecule has 162 valence electrons. The van der Waals surface area contributed by atoms with Gasteiger partial charge in [-0.15, -0.1) is 11.3 Å². The highest BCUT2D eigenvalue weighted by atomic mass is 32.1. The Kier molecular flexibility index (Phi) is 5.65. The number of aromatic nitrogens is 2. The first kappa shape index (κ1) is 21.1. The van der Waals surface area contributed by atoms with Crippen LogP contribution in [0.15, 0.2) is 54.6 Å². The van der Waals surface area contributed by atoms with Crippen LogP contribution in [0.25, 0.3) is 15.9 Å². The molecule has 2 aromatic heterocycles. The molecule has 2 heterocycles. The van der Waals surface area contributed by atoms with Crippen molar-refractivity contribution in [3.63, 3.8) is 0 Å². The molecule has 0 unspecified atom stereocenters. The molecule has 0 aliphatic heterocycles. The molecule has 11 heteroatoms. The Morgan fingerprint density at radius 2 is 1.88 bits per heavy atom. The summed E-state index contributed by atoms with van der Waals surface area (Å²) < 4.78 is 19.9. The Labute approximate surface area is 184 Å². The number of anilines is 1. The van der Waals surface area contributed by atoms with Crippen molar-refractivity contribution in [1.82, 2.24) is 9.78 Å². The van der Waals surface area contributed by atoms with Crippen LogP contribution < -0.4 is 5.32 Å². The molecule has 0 atom stereocenters. The Balaban J connectivity index is 1.43. The van der Waals surface area contributed by atoms with Gasteiger partial charge in [0.05, 0.1) is 16.3 Å². The first-order valence-electron chi connectivity index (χ1n) is 9.28. The van der Waals surface area contributed by atoms with Crippen LogP contribution in [0.3, 0.4) is 0 Å². The quantitative estimate of drug-likeness (QED) is 0.265. The number of ether oxygens (including phenoxy) is 1. The number of nitrogens with zero attached hydrogens (tertiary/aromatic N) is 3. The number of halogens is 1. The second-order valence-electron chi connectivity index (χ2n) is 6.73. The van der Waals surface area contributed by atoms with E-state index < -0.39 is 23.4 Å². The number of amides is 1. The highest BCUT2D eigenvalue weighted by Gasteiger charge is 2.19. The zero-order chi connectivity index (χ0) is 22.8. The van der Waals surface area contributed by atoms with E-state index in [0.29, 0.717) is 26.8 Å². The van der Waals surface area contributed by atoms with Gasteiger partial charge >= 0.3 is 5.97 Å². The number of rotatable bonds is 6. The molecule has 4 aromatic rings. The molecule has 0 radical (unpaired) electrons. The van der Waals surface area contributed by atoms with Crippen molar-refractivity contribution in [2.24, 2.45) is 0 Å². The Bertz CT molecular complexity index is 1330. The van der Waals surface area contributed by atoms with E-state index in [9.17, 15) is 24.1 Å². The van der Waals surface area contributed by atoms with Gasteiger partial charge in [-0.2, -0.15) is 5.10 Å². The highest BCUT2D eigenvalue weighted by Crippen LogP contribution is 2.31. The van der Waals surface area contributed by atoms with Gasteiger partial charge in [-0.25, -0.2) is 13.9 Å². The minimum atomic E-state index is -0.671. The lowest BCUT2D eigenvalue weighted by Gasteiger charge is -2.06. The maximum Gasteiger partial charge on any atom is 0.348 e. The number of nitrogens with one attached hydrogen (secondary N) is 1. The molecule has 0 spiro atoms. The molecule has 0 fully saturated rings. The van der Waals surface area contributed by atoms with Gasteiger partial charge in [0.25, 0.3) is 11.6 Å². The highest BCUT2D eigenvalue weighted by molar-refractivity contribution is 7.20. The number of esters is 1. The fourth-order valence-electron chi connectivity index (χ4n) is 2.97. The van der Waals surface area contributed by atoms with E-state index in [2.05, 4.69) is 10.4 Å². The molecule has 2 aromatic carbocycles. The third-order valence-electron chi connectivity index (χ3n) is 4.51. The summed E-state index contributed by atoms with van der Waals surface area (Å²) in [5, 5.41) is 18.4. The van der Waals surface area contributed by atoms with Crippen molar-refractivity contribution in [3.8, 4) is 5.69 Å². The number of carbonyl (C=O) groups excluding carboxylic acids is 2. The van der Waals surface area contributed by atoms with Crippen LogP contribution in [-0.2, 0) is 9.53 Å². The minimum Gasteiger partial charge on any atom is -0.451 e. The van der Waals surface area contributed by atoms with Crippen LogP contribution in [-0.4, -0.2) is 33.2 Å². The number of nitro benzene ring substituents is 1. The van der Waals surface area contributed by atoms with Crippen molar-refractivity contribution in [2.75, 3.05) is 11.9 Å². The molecular weight excluding hydrogens is 439 g/mol. The summed E-state index contributed by atoms with van der Waals surface area (Å²) in [5.41, 5.74) is 1.58. The van der Waals surface area contributed by atoms with E-state index in [4.69, 9.17) is 4.74 Å². The summed E-state index contributed by atoms with van der Waals surface area (Å²) in [5.74, 6) is -1.62. The van der Waals surface area contributed by atoms with E-state index in [1.54, 1.807) is 29.8 Å². The first-order valence-corrected chi connectivity index (χ1v) is 10.1. The monoisotopic (exact) mass is 454 g/mol. The number of hydrogen-bond donors (Lipinski definition) is 1. The Hall–Kier alpha value is -4.12. The number of thiophene rings is 1. The van der Waals surface area contributed by atoms with E-state index in [1.807, 2.05) is 0 Å². The van der Waals surface area contributed by atoms with Crippen molar-refractivity contribution in [1.29, 1.82) is 0 Å². The van der Waals surface area contributed by atoms with Crippen molar-refractivity contribution in [3.05, 3.63) is 81.1 Å². The third kappa shape index (κ3) is 4.32. The largest absolute Gasteiger partial charge is 0.451 e. The predicted octanol–water partition coefficient (Wildman–Crippen LogP) is 4.24. The number of fused-ring (bicyclic) bond motifs is 1. The zero-order valence-electron chi connectivity index (χ0n) is 16.6. The standard InChI is InChI=1S/C21H15FN4O5S/c1-12-17-10-18(32-20(17)25(24-12)15-6-2-13(22)3-7-15)21(28)31-11-19(27)23-14-4-8-16(9-5-14)26(29)30/h2-10H,11H2,1H3,(H,23,27). The van der Waals surface area contributed by atoms with Gasteiger partial charge in [-0.05, 0) is 49.4 Å². The first-order chi connectivity index (χ1) is 15.3. The lowest BCUT2D eigenvalue weighted by Crippen LogP contribution is -2.20. The topological polar surface area (TPSA) is 116 Å². The summed E-state index contributed by atoms with van der Waals surface area (Å²) in [6, 6.07) is 12.7. The van der Waals surface area contributed by atoms with E-state index in [1.165, 1.54) is 36.4 Å². The average molecular weight is 454 g/mol. The Morgan fingerprint density at radius 3 is 2.53 bits per heavy atom. The molecule has 0 aliphatic carbocycles. The second-order valence-corrected chi connectivity index (χ2v) is 7.76. The number of carbonyl (C=O) groups is 2. The van der Waals surface area contributed by atoms with Crippen LogP contribution in [0.1, 0.15) is 15.4 Å². The normalized spacial score (nSPS) is 10.8. The number of hydrogen-bond acceptors (Lipinski definition) is 7. The third-order valence-corrected chi connectivity index (χ3v) is 5.60. The van der Waals surface area contributed by atoms with Crippen LogP contribution in [0.5, 0.6) is 0 Å². The average Bonchev–Trinajstić information content (AvgIpc) is 3.34. The molecule has 0 bridgehead atoms. The lowest BCUT2D eigenvalue weighted by atomic mass is 10.3. The van der Waals surface area contributed by atoms with Gasteiger partial charge in [-0.3, -0.25) is 14.9 Å². The molecule has 1 amide bonds. The fraction of sp³-hybridized carbons (Fsp3) is 0.0952. The maximum atomic E-state index is 13.2.